The van der Waals surface area contributed by atoms with Gasteiger partial charge in [0.05, 0.1) is 6.61 Å². The van der Waals surface area contributed by atoms with E-state index in [9.17, 15) is 4.79 Å². The van der Waals surface area contributed by atoms with Gasteiger partial charge in [-0.1, -0.05) is 41.0 Å². The molecule has 0 fully saturated rings. The second-order valence-electron chi connectivity index (χ2n) is 7.18. The Bertz CT molecular complexity index is 956. The molecular weight excluding hydrogens is 452 g/mol. The average Bonchev–Trinajstić information content (AvgIpc) is 3.11. The molecular formula is C21H25BrN4O2S. The van der Waals surface area contributed by atoms with Crippen LogP contribution in [0.25, 0.3) is 0 Å². The van der Waals surface area contributed by atoms with Crippen molar-refractivity contribution in [1.82, 2.24) is 14.8 Å². The first-order valence-electron chi connectivity index (χ1n) is 10.2. The second-order valence-corrected chi connectivity index (χ2v) is 9.15. The van der Waals surface area contributed by atoms with E-state index in [4.69, 9.17) is 14.8 Å². The minimum absolute atomic E-state index is 0.174. The zero-order chi connectivity index (χ0) is 20.4. The average molecular weight is 477 g/mol. The van der Waals surface area contributed by atoms with E-state index in [1.165, 1.54) is 0 Å². The maximum Gasteiger partial charge on any atom is 0.227 e. The Morgan fingerprint density at radius 3 is 3.00 bits per heavy atom. The number of Topliss-reactive ketones (excluding diaryl/α,β-unsaturated/α-hetero) is 1. The number of aromatic nitrogens is 3. The lowest BCUT2D eigenvalue weighted by Crippen LogP contribution is -2.31. The topological polar surface area (TPSA) is 69.0 Å². The summed E-state index contributed by atoms with van der Waals surface area (Å²) in [5, 5.41) is 8.92. The molecule has 1 aromatic carbocycles. The smallest absolute Gasteiger partial charge is 0.227 e. The molecule has 29 heavy (non-hydrogen) atoms. The molecule has 2 aliphatic rings. The molecule has 0 saturated carbocycles. The number of benzene rings is 1. The number of halogens is 1. The van der Waals surface area contributed by atoms with Gasteiger partial charge in [0.1, 0.15) is 11.8 Å². The Morgan fingerprint density at radius 1 is 1.34 bits per heavy atom. The zero-order valence-corrected chi connectivity index (χ0v) is 19.1. The number of thioether (sulfide) groups is 1. The molecule has 0 saturated heterocycles. The number of nitrogens with zero attached hydrogens (tertiary/aromatic N) is 3. The first-order chi connectivity index (χ1) is 14.1. The summed E-state index contributed by atoms with van der Waals surface area (Å²) in [5.41, 5.74) is 2.69. The van der Waals surface area contributed by atoms with Crippen LogP contribution in [-0.4, -0.2) is 32.9 Å². The van der Waals surface area contributed by atoms with Crippen molar-refractivity contribution in [3.8, 4) is 5.75 Å². The van der Waals surface area contributed by atoms with Gasteiger partial charge in [-0.2, -0.15) is 4.98 Å². The number of rotatable bonds is 7. The third kappa shape index (κ3) is 4.10. The quantitative estimate of drug-likeness (QED) is 0.428. The van der Waals surface area contributed by atoms with E-state index >= 15 is 0 Å². The number of fused-ring (bicyclic) bond motifs is 1. The van der Waals surface area contributed by atoms with Crippen LogP contribution in [0, 0.1) is 0 Å². The van der Waals surface area contributed by atoms with Gasteiger partial charge in [0.15, 0.2) is 5.78 Å². The van der Waals surface area contributed by atoms with Gasteiger partial charge >= 0.3 is 0 Å². The molecule has 4 rings (SSSR count). The van der Waals surface area contributed by atoms with Crippen LogP contribution in [0.1, 0.15) is 57.6 Å². The highest BCUT2D eigenvalue weighted by Gasteiger charge is 2.38. The first kappa shape index (κ1) is 20.5. The molecule has 0 bridgehead atoms. The highest BCUT2D eigenvalue weighted by atomic mass is 79.9. The lowest BCUT2D eigenvalue weighted by Gasteiger charge is -2.32. The van der Waals surface area contributed by atoms with Gasteiger partial charge in [0, 0.05) is 33.5 Å². The van der Waals surface area contributed by atoms with Crippen molar-refractivity contribution in [3.63, 3.8) is 0 Å². The summed E-state index contributed by atoms with van der Waals surface area (Å²) in [6.07, 6.45) is 4.54. The van der Waals surface area contributed by atoms with E-state index < -0.39 is 0 Å². The third-order valence-electron chi connectivity index (χ3n) is 5.14. The number of anilines is 1. The van der Waals surface area contributed by atoms with Gasteiger partial charge < -0.3 is 10.1 Å². The van der Waals surface area contributed by atoms with Crippen LogP contribution in [-0.2, 0) is 4.79 Å². The molecule has 2 heterocycles. The summed E-state index contributed by atoms with van der Waals surface area (Å²) < 4.78 is 8.72. The molecule has 1 atom stereocenters. The van der Waals surface area contributed by atoms with Crippen molar-refractivity contribution in [2.75, 3.05) is 17.7 Å². The number of hydrogen-bond acceptors (Lipinski definition) is 6. The van der Waals surface area contributed by atoms with E-state index in [0.29, 0.717) is 19.0 Å². The van der Waals surface area contributed by atoms with Crippen molar-refractivity contribution in [2.24, 2.45) is 0 Å². The van der Waals surface area contributed by atoms with Crippen LogP contribution < -0.4 is 10.1 Å². The van der Waals surface area contributed by atoms with Crippen LogP contribution in [0.4, 0.5) is 5.95 Å². The number of hydrogen-bond donors (Lipinski definition) is 1. The van der Waals surface area contributed by atoms with Crippen molar-refractivity contribution in [2.45, 2.75) is 57.1 Å². The van der Waals surface area contributed by atoms with E-state index in [1.807, 2.05) is 29.8 Å². The van der Waals surface area contributed by atoms with Gasteiger partial charge in [-0.3, -0.25) is 4.79 Å². The highest BCUT2D eigenvalue weighted by Crippen LogP contribution is 2.44. The van der Waals surface area contributed by atoms with Crippen molar-refractivity contribution in [3.05, 3.63) is 39.5 Å². The SMILES string of the molecule is CCCCSc1nc2n(n1)C(c1cc(Br)ccc1OCC)C1=C(CCCC1=O)N2. The number of carbonyl (C=O) groups is 1. The van der Waals surface area contributed by atoms with Crippen molar-refractivity contribution in [1.29, 1.82) is 0 Å². The van der Waals surface area contributed by atoms with E-state index in [1.54, 1.807) is 11.8 Å². The number of ketones is 1. The minimum atomic E-state index is -0.332. The Kier molecular flexibility index (Phi) is 6.29. The van der Waals surface area contributed by atoms with Gasteiger partial charge in [0.25, 0.3) is 0 Å². The predicted molar refractivity (Wildman–Crippen MR) is 119 cm³/mol. The zero-order valence-electron chi connectivity index (χ0n) is 16.7. The van der Waals surface area contributed by atoms with Crippen LogP contribution >= 0.6 is 27.7 Å². The second kappa shape index (κ2) is 8.92. The number of nitrogens with one attached hydrogen (secondary N) is 1. The molecule has 0 amide bonds. The van der Waals surface area contributed by atoms with E-state index in [-0.39, 0.29) is 11.8 Å². The maximum atomic E-state index is 13.0. The fraction of sp³-hybridized carbons (Fsp3) is 0.476. The standard InChI is InChI=1S/C21H25BrN4O2S/c1-3-5-11-29-21-24-20-23-15-7-6-8-16(27)18(15)19(26(20)25-21)14-12-13(22)9-10-17(14)28-4-2/h9-10,12,19H,3-8,11H2,1-2H3,(H,23,24,25). The Hall–Kier alpha value is -1.80. The number of allylic oxidation sites excluding steroid dienone is 2. The molecule has 2 aromatic rings. The molecule has 0 spiro atoms. The molecule has 154 valence electrons. The lowest BCUT2D eigenvalue weighted by atomic mass is 9.85. The van der Waals surface area contributed by atoms with Gasteiger partial charge in [0.2, 0.25) is 11.1 Å². The number of ether oxygens (including phenoxy) is 1. The molecule has 0 radical (unpaired) electrons. The maximum absolute atomic E-state index is 13.0. The summed E-state index contributed by atoms with van der Waals surface area (Å²) in [7, 11) is 0. The summed E-state index contributed by atoms with van der Waals surface area (Å²) >= 11 is 5.24. The van der Waals surface area contributed by atoms with Crippen LogP contribution in [0.5, 0.6) is 5.75 Å². The summed E-state index contributed by atoms with van der Waals surface area (Å²) in [5.74, 6) is 2.63. The lowest BCUT2D eigenvalue weighted by molar-refractivity contribution is -0.116. The molecule has 8 heteroatoms. The predicted octanol–water partition coefficient (Wildman–Crippen LogP) is 5.35. The fourth-order valence-corrected chi connectivity index (χ4v) is 5.10. The fourth-order valence-electron chi connectivity index (χ4n) is 3.81. The van der Waals surface area contributed by atoms with Crippen LogP contribution in [0.3, 0.4) is 0 Å². The largest absolute Gasteiger partial charge is 0.494 e. The molecule has 1 aliphatic heterocycles. The van der Waals surface area contributed by atoms with Crippen LogP contribution in [0.15, 0.2) is 39.1 Å². The monoisotopic (exact) mass is 476 g/mol. The van der Waals surface area contributed by atoms with E-state index in [2.05, 4.69) is 28.2 Å². The number of carbonyl (C=O) groups excluding carboxylic acids is 1. The Balaban J connectivity index is 1.83. The van der Waals surface area contributed by atoms with Gasteiger partial charge in [-0.25, -0.2) is 4.68 Å². The third-order valence-corrected chi connectivity index (χ3v) is 6.56. The number of unbranched alkanes of at least 4 members (excludes halogenated alkanes) is 1. The molecule has 1 aromatic heterocycles. The van der Waals surface area contributed by atoms with E-state index in [0.717, 1.165) is 63.6 Å². The Morgan fingerprint density at radius 2 is 2.21 bits per heavy atom. The molecule has 1 unspecified atom stereocenters. The molecule has 6 nitrogen and oxygen atoms in total. The van der Waals surface area contributed by atoms with Crippen molar-refractivity contribution >= 4 is 39.4 Å². The summed E-state index contributed by atoms with van der Waals surface area (Å²) in [4.78, 5) is 17.7. The normalized spacial score (nSPS) is 18.3. The Labute approximate surface area is 183 Å². The first-order valence-corrected chi connectivity index (χ1v) is 11.9. The molecule has 1 N–H and O–H groups in total. The van der Waals surface area contributed by atoms with Crippen LogP contribution in [0.2, 0.25) is 0 Å². The minimum Gasteiger partial charge on any atom is -0.494 e. The summed E-state index contributed by atoms with van der Waals surface area (Å²) in [6.45, 7) is 4.70. The summed E-state index contributed by atoms with van der Waals surface area (Å²) in [6, 6.07) is 5.61. The molecule has 1 aliphatic carbocycles. The highest BCUT2D eigenvalue weighted by molar-refractivity contribution is 9.10. The van der Waals surface area contributed by atoms with Gasteiger partial charge in [-0.15, -0.1) is 5.10 Å². The van der Waals surface area contributed by atoms with Gasteiger partial charge in [-0.05, 0) is 44.4 Å². The van der Waals surface area contributed by atoms with Crippen molar-refractivity contribution < 1.29 is 9.53 Å².